The van der Waals surface area contributed by atoms with Gasteiger partial charge in [0.1, 0.15) is 0 Å². The van der Waals surface area contributed by atoms with Gasteiger partial charge in [-0.05, 0) is 31.9 Å². The minimum absolute atomic E-state index is 0.127. The Balaban J connectivity index is 1.81. The van der Waals surface area contributed by atoms with Crippen molar-refractivity contribution < 1.29 is 19.1 Å². The van der Waals surface area contributed by atoms with Crippen molar-refractivity contribution in [1.82, 2.24) is 20.4 Å². The average molecular weight is 415 g/mol. The highest BCUT2D eigenvalue weighted by molar-refractivity contribution is 6.01. The molecular formula is C22H30N4O4. The van der Waals surface area contributed by atoms with E-state index in [2.05, 4.69) is 16.7 Å². The highest BCUT2D eigenvalue weighted by Gasteiger charge is 2.43. The molecule has 0 saturated heterocycles. The van der Waals surface area contributed by atoms with E-state index >= 15 is 0 Å². The lowest BCUT2D eigenvalue weighted by molar-refractivity contribution is -0.127. The molecule has 0 unspecified atom stereocenters. The standard InChI is InChI=1S/C22H30N4O4/c1-5-26-17-13-25(10-8-18(27)23-9-11-30-4)21(28)19(17)20(24-22(26)29)16-7-6-14(2)12-15(16)3/h6-7,12,20H,5,8-11,13H2,1-4H3,(H,23,27)(H,24,29)/t20-/m1/s1. The number of aryl methyl sites for hydroxylation is 2. The maximum atomic E-state index is 13.3. The lowest BCUT2D eigenvalue weighted by Gasteiger charge is -2.33. The molecule has 8 heteroatoms. The first kappa shape index (κ1) is 21.8. The number of hydrogen-bond donors (Lipinski definition) is 2. The van der Waals surface area contributed by atoms with Gasteiger partial charge < -0.3 is 20.3 Å². The summed E-state index contributed by atoms with van der Waals surface area (Å²) in [6.45, 7) is 7.89. The molecule has 4 amide bonds. The fourth-order valence-corrected chi connectivity index (χ4v) is 4.06. The number of methoxy groups -OCH3 is 1. The van der Waals surface area contributed by atoms with E-state index in [-0.39, 0.29) is 24.3 Å². The molecule has 2 N–H and O–H groups in total. The van der Waals surface area contributed by atoms with Crippen LogP contribution < -0.4 is 10.6 Å². The predicted octanol–water partition coefficient (Wildman–Crippen LogP) is 1.64. The van der Waals surface area contributed by atoms with Crippen LogP contribution in [0.5, 0.6) is 0 Å². The van der Waals surface area contributed by atoms with Crippen LogP contribution >= 0.6 is 0 Å². The van der Waals surface area contributed by atoms with Crippen molar-refractivity contribution in [2.45, 2.75) is 33.2 Å². The van der Waals surface area contributed by atoms with E-state index in [0.717, 1.165) is 22.4 Å². The number of likely N-dealkylation sites (N-methyl/N-ethyl adjacent to an activating group) is 1. The van der Waals surface area contributed by atoms with E-state index in [1.54, 1.807) is 16.9 Å². The number of carbonyl (C=O) groups is 3. The number of carbonyl (C=O) groups excluding carboxylic acids is 3. The molecule has 0 bridgehead atoms. The molecule has 1 atom stereocenters. The molecule has 1 aromatic rings. The molecule has 0 aromatic heterocycles. The van der Waals surface area contributed by atoms with Crippen LogP contribution in [0.3, 0.4) is 0 Å². The van der Waals surface area contributed by atoms with Gasteiger partial charge in [0.05, 0.1) is 30.5 Å². The van der Waals surface area contributed by atoms with Crippen LogP contribution in [-0.4, -0.2) is 67.5 Å². The Labute approximate surface area is 177 Å². The van der Waals surface area contributed by atoms with E-state index < -0.39 is 6.04 Å². The first-order valence-electron chi connectivity index (χ1n) is 10.3. The molecule has 1 aromatic carbocycles. The fourth-order valence-electron chi connectivity index (χ4n) is 4.06. The van der Waals surface area contributed by atoms with Gasteiger partial charge >= 0.3 is 6.03 Å². The van der Waals surface area contributed by atoms with Crippen molar-refractivity contribution >= 4 is 17.8 Å². The number of nitrogens with zero attached hydrogens (tertiary/aromatic N) is 2. The lowest BCUT2D eigenvalue weighted by atomic mass is 9.91. The van der Waals surface area contributed by atoms with Crippen molar-refractivity contribution in [3.63, 3.8) is 0 Å². The molecule has 0 saturated carbocycles. The Kier molecular flexibility index (Phi) is 6.77. The second-order valence-corrected chi connectivity index (χ2v) is 7.67. The Hall–Kier alpha value is -2.87. The third kappa shape index (κ3) is 4.33. The van der Waals surface area contributed by atoms with Gasteiger partial charge in [0, 0.05) is 33.2 Å². The quantitative estimate of drug-likeness (QED) is 0.633. The molecule has 0 fully saturated rings. The Morgan fingerprint density at radius 2 is 2.07 bits per heavy atom. The molecule has 162 valence electrons. The molecule has 3 rings (SSSR count). The van der Waals surface area contributed by atoms with Crippen LogP contribution in [0.25, 0.3) is 0 Å². The first-order chi connectivity index (χ1) is 14.4. The second kappa shape index (κ2) is 9.30. The molecule has 0 aliphatic carbocycles. The minimum atomic E-state index is -0.482. The van der Waals surface area contributed by atoms with E-state index in [1.807, 2.05) is 32.9 Å². The van der Waals surface area contributed by atoms with Gasteiger partial charge in [-0.25, -0.2) is 4.79 Å². The van der Waals surface area contributed by atoms with Gasteiger partial charge in [0.25, 0.3) is 5.91 Å². The van der Waals surface area contributed by atoms with Crippen molar-refractivity contribution in [3.05, 3.63) is 46.2 Å². The topological polar surface area (TPSA) is 91.0 Å². The highest BCUT2D eigenvalue weighted by Crippen LogP contribution is 2.37. The van der Waals surface area contributed by atoms with Crippen molar-refractivity contribution in [2.75, 3.05) is 39.9 Å². The molecule has 2 aliphatic rings. The third-order valence-corrected chi connectivity index (χ3v) is 5.59. The lowest BCUT2D eigenvalue weighted by Crippen LogP contribution is -2.47. The van der Waals surface area contributed by atoms with Gasteiger partial charge in [-0.2, -0.15) is 0 Å². The molecule has 2 heterocycles. The third-order valence-electron chi connectivity index (χ3n) is 5.59. The normalized spacial score (nSPS) is 18.6. The summed E-state index contributed by atoms with van der Waals surface area (Å²) < 4.78 is 4.93. The van der Waals surface area contributed by atoms with Crippen LogP contribution in [0, 0.1) is 13.8 Å². The maximum absolute atomic E-state index is 13.3. The van der Waals surface area contributed by atoms with Gasteiger partial charge in [0.2, 0.25) is 5.91 Å². The minimum Gasteiger partial charge on any atom is -0.383 e. The van der Waals surface area contributed by atoms with Gasteiger partial charge in [-0.15, -0.1) is 0 Å². The number of rotatable bonds is 8. The zero-order valence-electron chi connectivity index (χ0n) is 18.1. The smallest absolute Gasteiger partial charge is 0.322 e. The fraction of sp³-hybridized carbons (Fsp3) is 0.500. The summed E-state index contributed by atoms with van der Waals surface area (Å²) in [5.41, 5.74) is 4.41. The van der Waals surface area contributed by atoms with E-state index in [1.165, 1.54) is 0 Å². The monoisotopic (exact) mass is 414 g/mol. The van der Waals surface area contributed by atoms with Crippen molar-refractivity contribution in [2.24, 2.45) is 0 Å². The van der Waals surface area contributed by atoms with Crippen LogP contribution in [-0.2, 0) is 14.3 Å². The summed E-state index contributed by atoms with van der Waals surface area (Å²) >= 11 is 0. The molecule has 0 radical (unpaired) electrons. The molecule has 30 heavy (non-hydrogen) atoms. The number of nitrogens with one attached hydrogen (secondary N) is 2. The Bertz CT molecular complexity index is 880. The Morgan fingerprint density at radius 3 is 2.73 bits per heavy atom. The molecule has 0 spiro atoms. The first-order valence-corrected chi connectivity index (χ1v) is 10.3. The molecule has 2 aliphatic heterocycles. The van der Waals surface area contributed by atoms with Crippen LogP contribution in [0.2, 0.25) is 0 Å². The summed E-state index contributed by atoms with van der Waals surface area (Å²) in [4.78, 5) is 41.3. The summed E-state index contributed by atoms with van der Waals surface area (Å²) in [7, 11) is 1.58. The van der Waals surface area contributed by atoms with Crippen molar-refractivity contribution in [3.8, 4) is 0 Å². The average Bonchev–Trinajstić information content (AvgIpc) is 3.02. The van der Waals surface area contributed by atoms with E-state index in [4.69, 9.17) is 4.74 Å². The molecule has 8 nitrogen and oxygen atoms in total. The number of benzene rings is 1. The summed E-state index contributed by atoms with van der Waals surface area (Å²) in [6.07, 6.45) is 0.206. The Morgan fingerprint density at radius 1 is 1.30 bits per heavy atom. The van der Waals surface area contributed by atoms with E-state index in [0.29, 0.717) is 38.4 Å². The summed E-state index contributed by atoms with van der Waals surface area (Å²) in [6, 6.07) is 5.33. The van der Waals surface area contributed by atoms with Gasteiger partial charge in [-0.3, -0.25) is 14.5 Å². The van der Waals surface area contributed by atoms with Gasteiger partial charge in [0.15, 0.2) is 0 Å². The number of urea groups is 1. The number of ether oxygens (including phenoxy) is 1. The second-order valence-electron chi connectivity index (χ2n) is 7.67. The SMILES string of the molecule is CCN1C(=O)N[C@H](c2ccc(C)cc2C)C2=C1CN(CCC(=O)NCCOC)C2=O. The summed E-state index contributed by atoms with van der Waals surface area (Å²) in [5, 5.41) is 5.77. The zero-order chi connectivity index (χ0) is 21.8. The van der Waals surface area contributed by atoms with Crippen LogP contribution in [0.4, 0.5) is 4.79 Å². The van der Waals surface area contributed by atoms with Gasteiger partial charge in [-0.1, -0.05) is 23.8 Å². The van der Waals surface area contributed by atoms with E-state index in [9.17, 15) is 14.4 Å². The highest BCUT2D eigenvalue weighted by atomic mass is 16.5. The maximum Gasteiger partial charge on any atom is 0.322 e. The predicted molar refractivity (Wildman–Crippen MR) is 113 cm³/mol. The van der Waals surface area contributed by atoms with Crippen molar-refractivity contribution in [1.29, 1.82) is 0 Å². The largest absolute Gasteiger partial charge is 0.383 e. The molecular weight excluding hydrogens is 384 g/mol. The van der Waals surface area contributed by atoms with Crippen LogP contribution in [0.15, 0.2) is 29.5 Å². The summed E-state index contributed by atoms with van der Waals surface area (Å²) in [5.74, 6) is -0.254. The number of amides is 4. The zero-order valence-corrected chi connectivity index (χ0v) is 18.1. The van der Waals surface area contributed by atoms with Crippen LogP contribution in [0.1, 0.15) is 36.1 Å². The number of hydrogen-bond acceptors (Lipinski definition) is 4.